The lowest BCUT2D eigenvalue weighted by Crippen LogP contribution is -2.46. The molecule has 5 unspecified atom stereocenters. The largest absolute Gasteiger partial charge is 0.778 e. The van der Waals surface area contributed by atoms with Crippen LogP contribution in [0.4, 0.5) is 11.9 Å². The number of hydrogen-bond donors (Lipinski definition) is 9. The molecule has 0 radical (unpaired) electrons. The molecule has 0 aromatic carbocycles. The lowest BCUT2D eigenvalue weighted by atomic mass is 10.1. The summed E-state index contributed by atoms with van der Waals surface area (Å²) in [5, 5.41) is 51.6. The maximum Gasteiger partial charge on any atom is 0.313 e. The summed E-state index contributed by atoms with van der Waals surface area (Å²) in [6.07, 6.45) is -10.0. The molecule has 328 valence electrons. The van der Waals surface area contributed by atoms with E-state index in [9.17, 15) is 58.4 Å². The summed E-state index contributed by atoms with van der Waals surface area (Å²) in [7, 11) is -14.3. The summed E-state index contributed by atoms with van der Waals surface area (Å²) in [5.74, 6) is -0.512. The monoisotopic (exact) mass is 908 g/mol. The van der Waals surface area contributed by atoms with Gasteiger partial charge in [-0.25, -0.2) is 9.55 Å². The molecule has 0 spiro atoms. The number of rotatable bonds is 16. The van der Waals surface area contributed by atoms with E-state index in [4.69, 9.17) is 25.5 Å². The first-order chi connectivity index (χ1) is 28.1. The van der Waals surface area contributed by atoms with Gasteiger partial charge in [-0.3, -0.25) is 51.9 Å². The highest BCUT2D eigenvalue weighted by atomic mass is 31.3. The zero-order valence-electron chi connectivity index (χ0n) is 30.5. The number of fused-ring (bicyclic) bond motifs is 2. The molecule has 2 aliphatic rings. The van der Waals surface area contributed by atoms with Crippen LogP contribution < -0.4 is 46.9 Å². The SMILES string of the molecule is Cn1c[n+]([C@@H]2O[C@H](COP(=O)([O-])OP(=O)([O-])Cc3cn(CCNP(=O)([O-])OC[C@H]4O[C@@H](n5cnc6c(=O)[nH]c(N)nc65)[C@@H](O)C4O)nn3)[C@H](O)C2O)c2nc(N)[nH]c(=O)c21. The predicted molar refractivity (Wildman–Crippen MR) is 188 cm³/mol. The molecule has 2 saturated heterocycles. The van der Waals surface area contributed by atoms with Crippen molar-refractivity contribution in [2.45, 2.75) is 61.8 Å². The number of nitrogens with zero attached hydrogens (tertiary/aromatic N) is 9. The molecule has 0 saturated carbocycles. The van der Waals surface area contributed by atoms with Gasteiger partial charge in [0.2, 0.25) is 25.4 Å². The predicted octanol–water partition coefficient (Wildman–Crippen LogP) is -6.99. The number of aryl methyl sites for hydroxylation is 1. The van der Waals surface area contributed by atoms with Gasteiger partial charge < -0.3 is 69.7 Å². The maximum absolute atomic E-state index is 12.6. The summed E-state index contributed by atoms with van der Waals surface area (Å²) in [6.45, 7) is -2.39. The first kappa shape index (κ1) is 43.7. The number of H-pyrrole nitrogens is 2. The summed E-state index contributed by atoms with van der Waals surface area (Å²) in [5.41, 5.74) is 9.41. The van der Waals surface area contributed by atoms with Crippen LogP contribution in [0.15, 0.2) is 28.4 Å². The van der Waals surface area contributed by atoms with Gasteiger partial charge in [-0.05, 0) is 0 Å². The van der Waals surface area contributed by atoms with Gasteiger partial charge in [0.05, 0.1) is 45.0 Å². The fourth-order valence-corrected chi connectivity index (χ4v) is 9.70. The van der Waals surface area contributed by atoms with Crippen molar-refractivity contribution in [1.29, 1.82) is 0 Å². The van der Waals surface area contributed by atoms with E-state index in [1.165, 1.54) is 22.5 Å². The van der Waals surface area contributed by atoms with Gasteiger partial charge in [0.15, 0.2) is 23.7 Å². The Morgan fingerprint density at radius 3 is 2.37 bits per heavy atom. The van der Waals surface area contributed by atoms with Crippen LogP contribution in [0, 0.1) is 0 Å². The number of imidazole rings is 2. The number of aliphatic hydroxyl groups is 4. The topological polar surface area (TPSA) is 460 Å². The van der Waals surface area contributed by atoms with E-state index in [1.807, 2.05) is 0 Å². The lowest BCUT2D eigenvalue weighted by molar-refractivity contribution is -0.745. The van der Waals surface area contributed by atoms with Crippen LogP contribution in [0.3, 0.4) is 0 Å². The van der Waals surface area contributed by atoms with Crippen LogP contribution in [0.5, 0.6) is 0 Å². The van der Waals surface area contributed by atoms with Crippen molar-refractivity contribution in [3.05, 3.63) is 45.3 Å². The number of nitrogen functional groups attached to an aromatic ring is 2. The van der Waals surface area contributed by atoms with E-state index in [1.54, 1.807) is 0 Å². The van der Waals surface area contributed by atoms with Crippen molar-refractivity contribution < 1.29 is 76.2 Å². The van der Waals surface area contributed by atoms with Crippen molar-refractivity contribution >= 4 is 57.4 Å². The van der Waals surface area contributed by atoms with Gasteiger partial charge in [0.25, 0.3) is 24.9 Å². The van der Waals surface area contributed by atoms with E-state index in [2.05, 4.69) is 49.2 Å². The molecule has 11 N–H and O–H groups in total. The third-order valence-corrected chi connectivity index (χ3v) is 13.2. The second kappa shape index (κ2) is 16.5. The molecular formula is C26H35N14O17P3-2. The minimum Gasteiger partial charge on any atom is -0.778 e. The Bertz CT molecular complexity index is 2670. The molecule has 34 heteroatoms. The number of hydrogen-bond acceptors (Lipinski definition) is 24. The highest BCUT2D eigenvalue weighted by molar-refractivity contribution is 7.62. The van der Waals surface area contributed by atoms with E-state index in [-0.39, 0.29) is 53.0 Å². The second-order valence-electron chi connectivity index (χ2n) is 13.4. The first-order valence-corrected chi connectivity index (χ1v) is 21.9. The van der Waals surface area contributed by atoms with Gasteiger partial charge in [-0.1, -0.05) is 10.2 Å². The molecule has 0 bridgehead atoms. The molecule has 11 atom stereocenters. The molecule has 5 aromatic heterocycles. The number of aromatic amines is 2. The number of phosphoric ester groups is 1. The van der Waals surface area contributed by atoms with E-state index >= 15 is 0 Å². The fraction of sp³-hybridized carbons (Fsp3) is 0.538. The Kier molecular flexibility index (Phi) is 12.0. The summed E-state index contributed by atoms with van der Waals surface area (Å²) >= 11 is 0. The average molecular weight is 909 g/mol. The van der Waals surface area contributed by atoms with Crippen LogP contribution in [0.25, 0.3) is 22.3 Å². The van der Waals surface area contributed by atoms with Crippen LogP contribution in [0.2, 0.25) is 0 Å². The number of nitrogens with two attached hydrogens (primary N) is 2. The number of aliphatic hydroxyl groups excluding tert-OH is 4. The average Bonchev–Trinajstić information content (AvgIpc) is 3.95. The van der Waals surface area contributed by atoms with Crippen LogP contribution in [0.1, 0.15) is 18.1 Å². The zero-order chi connectivity index (χ0) is 43.5. The molecule has 2 aliphatic heterocycles. The normalized spacial score (nSPS) is 27.7. The smallest absolute Gasteiger partial charge is 0.313 e. The van der Waals surface area contributed by atoms with E-state index < -0.39 is 103 Å². The Morgan fingerprint density at radius 2 is 1.62 bits per heavy atom. The van der Waals surface area contributed by atoms with Gasteiger partial charge in [-0.15, -0.1) is 5.10 Å². The Labute approximate surface area is 332 Å². The number of anilines is 2. The van der Waals surface area contributed by atoms with E-state index in [0.29, 0.717) is 0 Å². The Morgan fingerprint density at radius 1 is 0.950 bits per heavy atom. The Hall–Kier alpha value is -4.39. The standard InChI is InChI=1S/C26H37N14O17P3/c1-37-9-40(20-14(37)22(46)34-26(28)32-20)24-18(44)16(42)12(56-24)6-54-60(51,52)57-58(47,48)7-10-4-38(36-35-10)3-2-30-59(49,50)53-5-11-15(41)17(43)23(55-11)39-8-29-13-19(39)31-25(27)33-21(13)45/h4,8-9,11-12,15-18,23-24,41-44H,2-3,5-7H2,1H3,(H9-,27,28,30,31,32,33,34,45,46,47,48,49,50,51,52)/p-2/t11-,12-,15?,16+,17+,18?,23-,24-/m1/s1. The minimum atomic E-state index is -5.66. The van der Waals surface area contributed by atoms with Crippen molar-refractivity contribution in [3.63, 3.8) is 0 Å². The number of phosphoric acid groups is 1. The van der Waals surface area contributed by atoms with Crippen molar-refractivity contribution in [3.8, 4) is 0 Å². The third kappa shape index (κ3) is 9.11. The minimum absolute atomic E-state index is 0.0347. The zero-order valence-corrected chi connectivity index (χ0v) is 33.2. The number of nitrogens with one attached hydrogen (secondary N) is 3. The van der Waals surface area contributed by atoms with Gasteiger partial charge in [0.1, 0.15) is 44.2 Å². The van der Waals surface area contributed by atoms with Crippen molar-refractivity contribution in [2.75, 3.05) is 31.2 Å². The van der Waals surface area contributed by atoms with Gasteiger partial charge in [-0.2, -0.15) is 4.98 Å². The molecule has 5 aromatic rings. The van der Waals surface area contributed by atoms with Gasteiger partial charge in [0, 0.05) is 12.7 Å². The number of ether oxygens (including phenoxy) is 2. The van der Waals surface area contributed by atoms with Gasteiger partial charge >= 0.3 is 5.65 Å². The summed E-state index contributed by atoms with van der Waals surface area (Å²) in [6, 6.07) is 0. The quantitative estimate of drug-likeness (QED) is 0.0328. The fourth-order valence-electron chi connectivity index (χ4n) is 6.38. The van der Waals surface area contributed by atoms with Crippen LogP contribution >= 0.6 is 23.2 Å². The summed E-state index contributed by atoms with van der Waals surface area (Å²) < 4.78 is 67.3. The molecule has 7 heterocycles. The third-order valence-electron chi connectivity index (χ3n) is 9.08. The van der Waals surface area contributed by atoms with Crippen molar-refractivity contribution in [1.82, 2.24) is 54.1 Å². The molecule has 2 fully saturated rings. The van der Waals surface area contributed by atoms with Crippen molar-refractivity contribution in [2.24, 2.45) is 7.05 Å². The molecule has 0 aliphatic carbocycles. The molecular weight excluding hydrogens is 873 g/mol. The highest BCUT2D eigenvalue weighted by Crippen LogP contribution is 2.56. The second-order valence-corrected chi connectivity index (χ2v) is 18.3. The first-order valence-electron chi connectivity index (χ1n) is 17.2. The van der Waals surface area contributed by atoms with Crippen LogP contribution in [-0.2, 0) is 56.3 Å². The molecule has 31 nitrogen and oxygen atoms in total. The molecule has 60 heavy (non-hydrogen) atoms. The van der Waals surface area contributed by atoms with E-state index in [0.717, 1.165) is 21.8 Å². The van der Waals surface area contributed by atoms with Crippen LogP contribution in [-0.4, -0.2) is 126 Å². The molecule has 0 amide bonds. The lowest BCUT2D eigenvalue weighted by Gasteiger charge is -2.31. The highest BCUT2D eigenvalue weighted by Gasteiger charge is 2.48. The summed E-state index contributed by atoms with van der Waals surface area (Å²) in [4.78, 5) is 78.5. The molecule has 7 rings (SSSR count). The Balaban J connectivity index is 0.868. The maximum atomic E-state index is 12.6. The number of aromatic nitrogens is 11.